The number of nitrogens with zero attached hydrogens (tertiary/aromatic N) is 1. The van der Waals surface area contributed by atoms with Gasteiger partial charge in [0.05, 0.1) is 12.3 Å². The Morgan fingerprint density at radius 2 is 1.85 bits per heavy atom. The van der Waals surface area contributed by atoms with Crippen molar-refractivity contribution in [2.75, 3.05) is 7.11 Å². The van der Waals surface area contributed by atoms with E-state index in [2.05, 4.69) is 37.5 Å². The van der Waals surface area contributed by atoms with Crippen LogP contribution in [0.15, 0.2) is 18.2 Å². The second-order valence-corrected chi connectivity index (χ2v) is 6.17. The number of methoxy groups -OCH3 is 1. The molecule has 1 aromatic carbocycles. The highest BCUT2D eigenvalue weighted by Crippen LogP contribution is 2.23. The van der Waals surface area contributed by atoms with Crippen LogP contribution >= 0.6 is 24.0 Å². The largest absolute Gasteiger partial charge is 0.486 e. The van der Waals surface area contributed by atoms with Crippen LogP contribution in [0.4, 0.5) is 0 Å². The third-order valence-electron chi connectivity index (χ3n) is 2.80. The van der Waals surface area contributed by atoms with Crippen LogP contribution in [0.3, 0.4) is 0 Å². The molecule has 2 rings (SSSR count). The summed E-state index contributed by atoms with van der Waals surface area (Å²) in [6.07, 6.45) is 0. The fourth-order valence-electron chi connectivity index (χ4n) is 2.03. The van der Waals surface area contributed by atoms with Gasteiger partial charge in [0.25, 0.3) is 0 Å². The van der Waals surface area contributed by atoms with E-state index in [-0.39, 0.29) is 0 Å². The third-order valence-corrected chi connectivity index (χ3v) is 4.41. The number of benzene rings is 1. The lowest BCUT2D eigenvalue weighted by Crippen LogP contribution is -1.97. The molecule has 0 fully saturated rings. The van der Waals surface area contributed by atoms with Crippen molar-refractivity contribution in [3.05, 3.63) is 44.9 Å². The Morgan fingerprint density at radius 1 is 1.15 bits per heavy atom. The lowest BCUT2D eigenvalue weighted by Gasteiger charge is -2.06. The van der Waals surface area contributed by atoms with Gasteiger partial charge < -0.3 is 9.47 Å². The van der Waals surface area contributed by atoms with Crippen molar-refractivity contribution in [2.45, 2.75) is 32.8 Å². The Labute approximate surface area is 129 Å². The van der Waals surface area contributed by atoms with Crippen molar-refractivity contribution < 1.29 is 9.47 Å². The maximum atomic E-state index is 5.83. The zero-order valence-electron chi connectivity index (χ0n) is 12.0. The highest BCUT2D eigenvalue weighted by atomic mass is 32.1. The Balaban J connectivity index is 2.06. The smallest absolute Gasteiger partial charge is 0.140 e. The van der Waals surface area contributed by atoms with E-state index >= 15 is 0 Å². The predicted molar refractivity (Wildman–Crippen MR) is 85.8 cm³/mol. The molecule has 0 unspecified atom stereocenters. The molecule has 108 valence electrons. The van der Waals surface area contributed by atoms with Crippen LogP contribution in [-0.4, -0.2) is 12.1 Å². The normalized spacial score (nSPS) is 10.8. The van der Waals surface area contributed by atoms with Gasteiger partial charge in [0, 0.05) is 17.7 Å². The summed E-state index contributed by atoms with van der Waals surface area (Å²) in [7, 11) is 1.67. The zero-order valence-corrected chi connectivity index (χ0v) is 13.7. The van der Waals surface area contributed by atoms with Crippen molar-refractivity contribution in [3.8, 4) is 5.75 Å². The molecule has 0 bridgehead atoms. The highest BCUT2D eigenvalue weighted by molar-refractivity contribution is 7.79. The number of hydrogen-bond donors (Lipinski definition) is 1. The Kier molecular flexibility index (Phi) is 5.46. The van der Waals surface area contributed by atoms with E-state index in [1.54, 1.807) is 18.4 Å². The summed E-state index contributed by atoms with van der Waals surface area (Å²) in [5.74, 6) is 1.57. The summed E-state index contributed by atoms with van der Waals surface area (Å²) in [6.45, 7) is 5.14. The summed E-state index contributed by atoms with van der Waals surface area (Å²) < 4.78 is 11.0. The molecule has 0 amide bonds. The molecule has 0 saturated heterocycles. The molecule has 0 spiro atoms. The molecule has 1 aromatic heterocycles. The first-order chi connectivity index (χ1) is 9.62. The van der Waals surface area contributed by atoms with Crippen molar-refractivity contribution in [1.82, 2.24) is 4.98 Å². The van der Waals surface area contributed by atoms with Gasteiger partial charge in [0.1, 0.15) is 17.4 Å². The minimum atomic E-state index is 0.484. The van der Waals surface area contributed by atoms with E-state index in [9.17, 15) is 0 Å². The van der Waals surface area contributed by atoms with Gasteiger partial charge in [-0.05, 0) is 37.1 Å². The third kappa shape index (κ3) is 3.98. The van der Waals surface area contributed by atoms with E-state index in [0.717, 1.165) is 21.3 Å². The molecule has 0 N–H and O–H groups in total. The van der Waals surface area contributed by atoms with Crippen LogP contribution in [0.2, 0.25) is 0 Å². The summed E-state index contributed by atoms with van der Waals surface area (Å²) in [5, 5.41) is 0.959. The first-order valence-electron chi connectivity index (χ1n) is 6.40. The molecule has 1 heterocycles. The summed E-state index contributed by atoms with van der Waals surface area (Å²) >= 11 is 5.96. The quantitative estimate of drug-likeness (QED) is 0.821. The molecule has 0 aliphatic carbocycles. The zero-order chi connectivity index (χ0) is 14.5. The molecule has 0 aliphatic heterocycles. The Morgan fingerprint density at radius 3 is 2.45 bits per heavy atom. The molecule has 20 heavy (non-hydrogen) atoms. The second kappa shape index (κ2) is 7.11. The maximum Gasteiger partial charge on any atom is 0.140 e. The van der Waals surface area contributed by atoms with Crippen LogP contribution in [0, 0.1) is 13.8 Å². The summed E-state index contributed by atoms with van der Waals surface area (Å²) in [5.41, 5.74) is 3.37. The van der Waals surface area contributed by atoms with Crippen LogP contribution in [0.5, 0.6) is 5.75 Å². The second-order valence-electron chi connectivity index (χ2n) is 4.68. The van der Waals surface area contributed by atoms with Crippen LogP contribution in [0.25, 0.3) is 0 Å². The monoisotopic (exact) mass is 309 g/mol. The molecule has 0 saturated carbocycles. The molecule has 0 radical (unpaired) electrons. The standard InChI is InChI=1S/C15H19NO2S2/c1-10-4-11(2)6-12(5-10)18-8-15-16-13(7-17-3)14(9-19)20-15/h4-6,19H,7-9H2,1-3H3. The van der Waals surface area contributed by atoms with E-state index in [0.29, 0.717) is 19.0 Å². The number of aryl methyl sites for hydroxylation is 2. The number of rotatable bonds is 6. The molecule has 5 heteroatoms. The molecule has 0 aliphatic rings. The van der Waals surface area contributed by atoms with Gasteiger partial charge in [0.15, 0.2) is 0 Å². The minimum absolute atomic E-state index is 0.484. The summed E-state index contributed by atoms with van der Waals surface area (Å²) in [6, 6.07) is 6.21. The van der Waals surface area contributed by atoms with Gasteiger partial charge in [0.2, 0.25) is 0 Å². The number of thiazole rings is 1. The average molecular weight is 309 g/mol. The van der Waals surface area contributed by atoms with Crippen LogP contribution in [-0.2, 0) is 23.7 Å². The molecule has 0 atom stereocenters. The number of aromatic nitrogens is 1. The van der Waals surface area contributed by atoms with Crippen molar-refractivity contribution >= 4 is 24.0 Å². The highest BCUT2D eigenvalue weighted by Gasteiger charge is 2.10. The number of hydrogen-bond acceptors (Lipinski definition) is 5. The van der Waals surface area contributed by atoms with Crippen molar-refractivity contribution in [2.24, 2.45) is 0 Å². The lowest BCUT2D eigenvalue weighted by molar-refractivity contribution is 0.181. The van der Waals surface area contributed by atoms with E-state index in [4.69, 9.17) is 9.47 Å². The molecule has 3 nitrogen and oxygen atoms in total. The van der Waals surface area contributed by atoms with Crippen LogP contribution < -0.4 is 4.74 Å². The summed E-state index contributed by atoms with van der Waals surface area (Å²) in [4.78, 5) is 5.70. The fourth-order valence-corrected chi connectivity index (χ4v) is 3.25. The van der Waals surface area contributed by atoms with E-state index in [1.807, 2.05) is 12.1 Å². The maximum absolute atomic E-state index is 5.83. The van der Waals surface area contributed by atoms with Gasteiger partial charge in [-0.15, -0.1) is 11.3 Å². The van der Waals surface area contributed by atoms with Crippen molar-refractivity contribution in [3.63, 3.8) is 0 Å². The number of thiol groups is 1. The number of ether oxygens (including phenoxy) is 2. The fraction of sp³-hybridized carbons (Fsp3) is 0.400. The van der Waals surface area contributed by atoms with Gasteiger partial charge in [-0.3, -0.25) is 0 Å². The van der Waals surface area contributed by atoms with Crippen LogP contribution in [0.1, 0.15) is 26.7 Å². The minimum Gasteiger partial charge on any atom is -0.486 e. The predicted octanol–water partition coefficient (Wildman–Crippen LogP) is 3.92. The first kappa shape index (κ1) is 15.4. The molecular weight excluding hydrogens is 290 g/mol. The Bertz CT molecular complexity index is 561. The topological polar surface area (TPSA) is 31.4 Å². The SMILES string of the molecule is COCc1nc(COc2cc(C)cc(C)c2)sc1CS. The van der Waals surface area contributed by atoms with Crippen molar-refractivity contribution in [1.29, 1.82) is 0 Å². The lowest BCUT2D eigenvalue weighted by atomic mass is 10.1. The van der Waals surface area contributed by atoms with E-state index in [1.165, 1.54) is 11.1 Å². The van der Waals surface area contributed by atoms with Gasteiger partial charge in [-0.25, -0.2) is 4.98 Å². The van der Waals surface area contributed by atoms with Gasteiger partial charge in [-0.1, -0.05) is 6.07 Å². The van der Waals surface area contributed by atoms with Gasteiger partial charge in [-0.2, -0.15) is 12.6 Å². The average Bonchev–Trinajstić information content (AvgIpc) is 2.78. The molecular formula is C15H19NO2S2. The van der Waals surface area contributed by atoms with Gasteiger partial charge >= 0.3 is 0 Å². The first-order valence-corrected chi connectivity index (χ1v) is 7.85. The van der Waals surface area contributed by atoms with E-state index < -0.39 is 0 Å². The Hall–Kier alpha value is -1.04. The molecule has 2 aromatic rings.